The van der Waals surface area contributed by atoms with Crippen molar-refractivity contribution in [2.45, 2.75) is 31.1 Å². The van der Waals surface area contributed by atoms with E-state index in [0.29, 0.717) is 12.0 Å². The van der Waals surface area contributed by atoms with Crippen LogP contribution in [0.25, 0.3) is 10.9 Å². The van der Waals surface area contributed by atoms with E-state index < -0.39 is 15.8 Å². The van der Waals surface area contributed by atoms with E-state index in [1.165, 1.54) is 24.3 Å². The number of hydrogen-bond donors (Lipinski definition) is 0. The zero-order chi connectivity index (χ0) is 26.1. The number of nitrogens with zero attached hydrogens (tertiary/aromatic N) is 3. The summed E-state index contributed by atoms with van der Waals surface area (Å²) in [5.74, 6) is -0.804. The fourth-order valence-corrected chi connectivity index (χ4v) is 5.31. The molecule has 0 N–H and O–H groups in total. The van der Waals surface area contributed by atoms with Crippen LogP contribution in [0.15, 0.2) is 90.5 Å². The van der Waals surface area contributed by atoms with Crippen molar-refractivity contribution in [2.24, 2.45) is 0 Å². The first-order chi connectivity index (χ1) is 17.9. The van der Waals surface area contributed by atoms with Crippen molar-refractivity contribution in [1.82, 2.24) is 4.98 Å². The van der Waals surface area contributed by atoms with Crippen LogP contribution >= 0.6 is 0 Å². The molecule has 1 heterocycles. The SMILES string of the molecule is Cc1ccc2nc([C@@H]3[C@H](c4ccc([N+](=O)[O-])cc4)CC=C(C=O)[C@H]3c3ccc([N+](=O)[O-])cc3)ccc2c1. The Morgan fingerprint density at radius 1 is 0.838 bits per heavy atom. The van der Waals surface area contributed by atoms with E-state index in [2.05, 4.69) is 6.07 Å². The van der Waals surface area contributed by atoms with Crippen LogP contribution in [0.5, 0.6) is 0 Å². The molecule has 1 aliphatic carbocycles. The average molecular weight is 494 g/mol. The lowest BCUT2D eigenvalue weighted by atomic mass is 9.65. The molecule has 37 heavy (non-hydrogen) atoms. The average Bonchev–Trinajstić information content (AvgIpc) is 2.92. The normalized spacial score (nSPS) is 19.3. The van der Waals surface area contributed by atoms with Gasteiger partial charge in [-0.05, 0) is 54.2 Å². The second-order valence-electron chi connectivity index (χ2n) is 9.30. The molecule has 8 nitrogen and oxygen atoms in total. The molecule has 0 bridgehead atoms. The summed E-state index contributed by atoms with van der Waals surface area (Å²) in [6.07, 6.45) is 3.29. The lowest BCUT2D eigenvalue weighted by Gasteiger charge is -2.37. The molecule has 0 spiro atoms. The number of benzene rings is 3. The second-order valence-corrected chi connectivity index (χ2v) is 9.30. The summed E-state index contributed by atoms with van der Waals surface area (Å²) in [4.78, 5) is 38.8. The van der Waals surface area contributed by atoms with E-state index in [-0.39, 0.29) is 23.2 Å². The van der Waals surface area contributed by atoms with Gasteiger partial charge in [-0.3, -0.25) is 30.0 Å². The maximum absolute atomic E-state index is 12.2. The van der Waals surface area contributed by atoms with Gasteiger partial charge in [0, 0.05) is 47.2 Å². The molecule has 184 valence electrons. The Balaban J connectivity index is 1.68. The zero-order valence-corrected chi connectivity index (χ0v) is 20.0. The number of allylic oxidation sites excluding steroid dienone is 2. The van der Waals surface area contributed by atoms with Gasteiger partial charge in [-0.2, -0.15) is 0 Å². The summed E-state index contributed by atoms with van der Waals surface area (Å²) in [7, 11) is 0. The number of nitro groups is 2. The van der Waals surface area contributed by atoms with Gasteiger partial charge in [-0.15, -0.1) is 0 Å². The Bertz CT molecular complexity index is 1540. The van der Waals surface area contributed by atoms with E-state index in [4.69, 9.17) is 4.98 Å². The maximum atomic E-state index is 12.2. The second kappa shape index (κ2) is 9.73. The van der Waals surface area contributed by atoms with Gasteiger partial charge < -0.3 is 0 Å². The summed E-state index contributed by atoms with van der Waals surface area (Å²) < 4.78 is 0. The summed E-state index contributed by atoms with van der Waals surface area (Å²) in [6.45, 7) is 2.02. The number of nitro benzene ring substituents is 2. The minimum atomic E-state index is -0.453. The highest BCUT2D eigenvalue weighted by Crippen LogP contribution is 2.51. The Labute approximate surface area is 212 Å². The van der Waals surface area contributed by atoms with Crippen LogP contribution in [0.4, 0.5) is 11.4 Å². The lowest BCUT2D eigenvalue weighted by Crippen LogP contribution is -2.26. The van der Waals surface area contributed by atoms with Crippen LogP contribution in [-0.4, -0.2) is 21.1 Å². The van der Waals surface area contributed by atoms with E-state index in [9.17, 15) is 25.0 Å². The van der Waals surface area contributed by atoms with Crippen molar-refractivity contribution in [3.63, 3.8) is 0 Å². The molecule has 0 saturated heterocycles. The number of fused-ring (bicyclic) bond motifs is 1. The number of carbonyl (C=O) groups excluding carboxylic acids is 1. The van der Waals surface area contributed by atoms with Gasteiger partial charge in [0.2, 0.25) is 0 Å². The molecular formula is C29H23N3O5. The van der Waals surface area contributed by atoms with Gasteiger partial charge in [-0.25, -0.2) is 0 Å². The number of non-ortho nitro benzene ring substituents is 2. The largest absolute Gasteiger partial charge is 0.298 e. The number of aldehydes is 1. The summed E-state index contributed by atoms with van der Waals surface area (Å²) in [5, 5.41) is 23.5. The third-order valence-corrected chi connectivity index (χ3v) is 7.10. The molecule has 0 saturated carbocycles. The van der Waals surface area contributed by atoms with Gasteiger partial charge in [0.05, 0.1) is 15.4 Å². The third kappa shape index (κ3) is 4.61. The van der Waals surface area contributed by atoms with Crippen molar-refractivity contribution in [3.05, 3.63) is 133 Å². The topological polar surface area (TPSA) is 116 Å². The molecule has 1 aliphatic rings. The number of pyridine rings is 1. The maximum Gasteiger partial charge on any atom is 0.269 e. The highest BCUT2D eigenvalue weighted by molar-refractivity contribution is 5.80. The van der Waals surface area contributed by atoms with Gasteiger partial charge in [0.15, 0.2) is 0 Å². The minimum absolute atomic E-state index is 0.00588. The molecule has 1 aromatic heterocycles. The molecular weight excluding hydrogens is 470 g/mol. The highest BCUT2D eigenvalue weighted by atomic mass is 16.6. The van der Waals surface area contributed by atoms with Crippen molar-refractivity contribution >= 4 is 28.6 Å². The van der Waals surface area contributed by atoms with Crippen LogP contribution in [0.2, 0.25) is 0 Å². The number of aromatic nitrogens is 1. The van der Waals surface area contributed by atoms with Gasteiger partial charge in [-0.1, -0.05) is 48.0 Å². The smallest absolute Gasteiger partial charge is 0.269 e. The molecule has 4 aromatic rings. The molecule has 0 radical (unpaired) electrons. The first kappa shape index (κ1) is 24.0. The molecule has 8 heteroatoms. The van der Waals surface area contributed by atoms with Crippen LogP contribution in [0.1, 0.15) is 46.6 Å². The first-order valence-electron chi connectivity index (χ1n) is 11.9. The number of carbonyl (C=O) groups is 1. The van der Waals surface area contributed by atoms with E-state index >= 15 is 0 Å². The summed E-state index contributed by atoms with van der Waals surface area (Å²) >= 11 is 0. The predicted octanol–water partition coefficient (Wildman–Crippen LogP) is 6.54. The predicted molar refractivity (Wildman–Crippen MR) is 140 cm³/mol. The third-order valence-electron chi connectivity index (χ3n) is 7.10. The number of rotatable bonds is 6. The molecule has 0 unspecified atom stereocenters. The van der Waals surface area contributed by atoms with E-state index in [1.807, 2.05) is 37.3 Å². The molecule has 0 aliphatic heterocycles. The summed E-state index contributed by atoms with van der Waals surface area (Å²) in [5.41, 5.74) is 4.97. The van der Waals surface area contributed by atoms with Crippen molar-refractivity contribution in [2.75, 3.05) is 0 Å². The molecule has 3 atom stereocenters. The Morgan fingerprint density at radius 2 is 1.46 bits per heavy atom. The van der Waals surface area contributed by atoms with Gasteiger partial charge >= 0.3 is 0 Å². The van der Waals surface area contributed by atoms with Crippen LogP contribution in [0.3, 0.4) is 0 Å². The Morgan fingerprint density at radius 3 is 2.05 bits per heavy atom. The quantitative estimate of drug-likeness (QED) is 0.171. The fraction of sp³-hybridized carbons (Fsp3) is 0.172. The fourth-order valence-electron chi connectivity index (χ4n) is 5.31. The van der Waals surface area contributed by atoms with Gasteiger partial charge in [0.1, 0.15) is 6.29 Å². The lowest BCUT2D eigenvalue weighted by molar-refractivity contribution is -0.385. The standard InChI is InChI=1S/C29H23N3O5/c1-18-2-14-26-21(16-18)8-15-27(30-26)29-25(19-3-9-23(10-4-19)31(34)35)13-7-22(17-33)28(29)20-5-11-24(12-6-20)32(36)37/h2-12,14-17,25,28-29H,13H2,1H3/t25-,28+,29-/m0/s1. The number of aryl methyl sites for hydroxylation is 1. The van der Waals surface area contributed by atoms with Crippen LogP contribution < -0.4 is 0 Å². The first-order valence-corrected chi connectivity index (χ1v) is 11.9. The van der Waals surface area contributed by atoms with Crippen molar-refractivity contribution < 1.29 is 14.6 Å². The highest BCUT2D eigenvalue weighted by Gasteiger charge is 2.39. The van der Waals surface area contributed by atoms with E-state index in [0.717, 1.165) is 39.6 Å². The molecule has 3 aromatic carbocycles. The molecule has 0 fully saturated rings. The van der Waals surface area contributed by atoms with Crippen LogP contribution in [-0.2, 0) is 4.79 Å². The Kier molecular flexibility index (Phi) is 6.31. The van der Waals surface area contributed by atoms with Crippen molar-refractivity contribution in [1.29, 1.82) is 0 Å². The van der Waals surface area contributed by atoms with Gasteiger partial charge in [0.25, 0.3) is 11.4 Å². The van der Waals surface area contributed by atoms with Crippen LogP contribution in [0, 0.1) is 27.2 Å². The molecule has 5 rings (SSSR count). The Hall–Kier alpha value is -4.72. The van der Waals surface area contributed by atoms with E-state index in [1.54, 1.807) is 24.3 Å². The van der Waals surface area contributed by atoms with Crippen molar-refractivity contribution in [3.8, 4) is 0 Å². The zero-order valence-electron chi connectivity index (χ0n) is 20.0. The molecule has 0 amide bonds. The number of hydrogen-bond acceptors (Lipinski definition) is 6. The minimum Gasteiger partial charge on any atom is -0.298 e. The monoisotopic (exact) mass is 493 g/mol. The summed E-state index contributed by atoms with van der Waals surface area (Å²) in [6, 6.07) is 22.8.